The fourth-order valence-electron chi connectivity index (χ4n) is 3.11. The van der Waals surface area contributed by atoms with Crippen molar-refractivity contribution in [2.75, 3.05) is 26.2 Å². The van der Waals surface area contributed by atoms with Crippen LogP contribution in [0.25, 0.3) is 0 Å². The van der Waals surface area contributed by atoms with Crippen LogP contribution in [0.3, 0.4) is 0 Å². The number of rotatable bonds is 4. The monoisotopic (exact) mass is 222 g/mol. The van der Waals surface area contributed by atoms with Crippen LogP contribution < -0.4 is 5.32 Å². The first kappa shape index (κ1) is 12.1. The standard InChI is InChI=1S/C14H26N2/c1-3-12(2)10-16-9-5-6-13(11-16)14-7-4-8-15-14/h13-15H,2-11H2,1H3. The summed E-state index contributed by atoms with van der Waals surface area (Å²) in [5, 5.41) is 3.67. The van der Waals surface area contributed by atoms with Crippen LogP contribution in [0.5, 0.6) is 0 Å². The first-order valence-corrected chi connectivity index (χ1v) is 6.92. The van der Waals surface area contributed by atoms with Gasteiger partial charge in [-0.3, -0.25) is 4.90 Å². The quantitative estimate of drug-likeness (QED) is 0.735. The van der Waals surface area contributed by atoms with Gasteiger partial charge in [0.25, 0.3) is 0 Å². The Labute approximate surface area is 100 Å². The van der Waals surface area contributed by atoms with Crippen LogP contribution in [0.4, 0.5) is 0 Å². The Morgan fingerprint density at radius 1 is 1.38 bits per heavy atom. The molecule has 0 aromatic carbocycles. The van der Waals surface area contributed by atoms with Gasteiger partial charge >= 0.3 is 0 Å². The number of likely N-dealkylation sites (tertiary alicyclic amines) is 1. The maximum absolute atomic E-state index is 4.13. The molecule has 2 heterocycles. The van der Waals surface area contributed by atoms with Gasteiger partial charge in [-0.2, -0.15) is 0 Å². The first-order chi connectivity index (χ1) is 7.79. The summed E-state index contributed by atoms with van der Waals surface area (Å²) in [5.74, 6) is 0.890. The molecule has 2 atom stereocenters. The summed E-state index contributed by atoms with van der Waals surface area (Å²) in [4.78, 5) is 2.61. The van der Waals surface area contributed by atoms with Gasteiger partial charge in [-0.25, -0.2) is 0 Å². The molecule has 0 aliphatic carbocycles. The van der Waals surface area contributed by atoms with Crippen molar-refractivity contribution in [3.8, 4) is 0 Å². The predicted octanol–water partition coefficient (Wildman–Crippen LogP) is 2.42. The molecule has 1 N–H and O–H groups in total. The molecule has 2 fully saturated rings. The van der Waals surface area contributed by atoms with Gasteiger partial charge in [-0.15, -0.1) is 0 Å². The molecule has 0 amide bonds. The molecule has 2 rings (SSSR count). The third-order valence-corrected chi connectivity index (χ3v) is 4.16. The number of hydrogen-bond donors (Lipinski definition) is 1. The van der Waals surface area contributed by atoms with Crippen LogP contribution in [0.15, 0.2) is 12.2 Å². The summed E-state index contributed by atoms with van der Waals surface area (Å²) in [6.07, 6.45) is 6.70. The van der Waals surface area contributed by atoms with E-state index in [1.54, 1.807) is 0 Å². The minimum absolute atomic E-state index is 0.803. The molecule has 0 spiro atoms. The van der Waals surface area contributed by atoms with Gasteiger partial charge in [0.1, 0.15) is 0 Å². The fourth-order valence-corrected chi connectivity index (χ4v) is 3.11. The highest BCUT2D eigenvalue weighted by Crippen LogP contribution is 2.25. The van der Waals surface area contributed by atoms with E-state index in [1.165, 1.54) is 50.9 Å². The minimum Gasteiger partial charge on any atom is -0.314 e. The zero-order valence-electron chi connectivity index (χ0n) is 10.7. The van der Waals surface area contributed by atoms with E-state index in [0.29, 0.717) is 0 Å². The Morgan fingerprint density at radius 3 is 2.94 bits per heavy atom. The smallest absolute Gasteiger partial charge is 0.0190 e. The minimum atomic E-state index is 0.803. The Bertz CT molecular complexity index is 231. The first-order valence-electron chi connectivity index (χ1n) is 6.92. The van der Waals surface area contributed by atoms with Crippen molar-refractivity contribution in [1.29, 1.82) is 0 Å². The summed E-state index contributed by atoms with van der Waals surface area (Å²) < 4.78 is 0. The predicted molar refractivity (Wildman–Crippen MR) is 69.6 cm³/mol. The molecule has 2 unspecified atom stereocenters. The largest absolute Gasteiger partial charge is 0.314 e. The van der Waals surface area contributed by atoms with E-state index in [4.69, 9.17) is 0 Å². The summed E-state index contributed by atoms with van der Waals surface area (Å²) in [6, 6.07) is 0.803. The molecule has 92 valence electrons. The number of piperidine rings is 1. The third-order valence-electron chi connectivity index (χ3n) is 4.16. The van der Waals surface area contributed by atoms with Crippen molar-refractivity contribution in [1.82, 2.24) is 10.2 Å². The molecular formula is C14H26N2. The average molecular weight is 222 g/mol. The highest BCUT2D eigenvalue weighted by atomic mass is 15.1. The molecule has 2 heteroatoms. The van der Waals surface area contributed by atoms with Crippen LogP contribution in [0.1, 0.15) is 39.0 Å². The van der Waals surface area contributed by atoms with Crippen LogP contribution in [0, 0.1) is 5.92 Å². The zero-order chi connectivity index (χ0) is 11.4. The normalized spacial score (nSPS) is 31.8. The molecule has 2 nitrogen and oxygen atoms in total. The van der Waals surface area contributed by atoms with Crippen molar-refractivity contribution >= 4 is 0 Å². The summed E-state index contributed by atoms with van der Waals surface area (Å²) in [6.45, 7) is 11.3. The van der Waals surface area contributed by atoms with Gasteiger partial charge in [0.15, 0.2) is 0 Å². The van der Waals surface area contributed by atoms with Crippen molar-refractivity contribution in [2.45, 2.75) is 45.1 Å². The van der Waals surface area contributed by atoms with Gasteiger partial charge in [-0.05, 0) is 51.1 Å². The van der Waals surface area contributed by atoms with E-state index < -0.39 is 0 Å². The zero-order valence-corrected chi connectivity index (χ0v) is 10.7. The molecule has 2 aliphatic heterocycles. The lowest BCUT2D eigenvalue weighted by Crippen LogP contribution is -2.43. The van der Waals surface area contributed by atoms with Crippen molar-refractivity contribution in [2.24, 2.45) is 5.92 Å². The maximum Gasteiger partial charge on any atom is 0.0190 e. The lowest BCUT2D eigenvalue weighted by atomic mass is 9.89. The lowest BCUT2D eigenvalue weighted by Gasteiger charge is -2.36. The second kappa shape index (κ2) is 5.83. The van der Waals surface area contributed by atoms with E-state index in [-0.39, 0.29) is 0 Å². The Hall–Kier alpha value is -0.340. The average Bonchev–Trinajstić information content (AvgIpc) is 2.83. The van der Waals surface area contributed by atoms with E-state index >= 15 is 0 Å². The van der Waals surface area contributed by atoms with Gasteiger partial charge in [0.05, 0.1) is 0 Å². The SMILES string of the molecule is C=C(CC)CN1CCCC(C2CCCN2)C1. The topological polar surface area (TPSA) is 15.3 Å². The molecule has 16 heavy (non-hydrogen) atoms. The van der Waals surface area contributed by atoms with Crippen LogP contribution in [-0.4, -0.2) is 37.1 Å². The molecule has 2 aliphatic rings. The molecule has 0 bridgehead atoms. The maximum atomic E-state index is 4.13. The van der Waals surface area contributed by atoms with E-state index in [9.17, 15) is 0 Å². The Kier molecular flexibility index (Phi) is 4.42. The molecular weight excluding hydrogens is 196 g/mol. The van der Waals surface area contributed by atoms with Crippen molar-refractivity contribution < 1.29 is 0 Å². The third kappa shape index (κ3) is 3.08. The Balaban J connectivity index is 1.81. The molecule has 2 saturated heterocycles. The highest BCUT2D eigenvalue weighted by Gasteiger charge is 2.28. The van der Waals surface area contributed by atoms with Crippen molar-refractivity contribution in [3.63, 3.8) is 0 Å². The Morgan fingerprint density at radius 2 is 2.25 bits per heavy atom. The van der Waals surface area contributed by atoms with Crippen LogP contribution in [-0.2, 0) is 0 Å². The van der Waals surface area contributed by atoms with Gasteiger partial charge < -0.3 is 5.32 Å². The van der Waals surface area contributed by atoms with Gasteiger partial charge in [0, 0.05) is 19.1 Å². The summed E-state index contributed by atoms with van der Waals surface area (Å²) in [7, 11) is 0. The number of nitrogens with zero attached hydrogens (tertiary/aromatic N) is 1. The summed E-state index contributed by atoms with van der Waals surface area (Å²) in [5.41, 5.74) is 1.39. The van der Waals surface area contributed by atoms with Crippen molar-refractivity contribution in [3.05, 3.63) is 12.2 Å². The fraction of sp³-hybridized carbons (Fsp3) is 0.857. The van der Waals surface area contributed by atoms with Crippen LogP contribution >= 0.6 is 0 Å². The second-order valence-electron chi connectivity index (χ2n) is 5.44. The number of hydrogen-bond acceptors (Lipinski definition) is 2. The van der Waals surface area contributed by atoms with E-state index in [1.807, 2.05) is 0 Å². The lowest BCUT2D eigenvalue weighted by molar-refractivity contribution is 0.161. The van der Waals surface area contributed by atoms with Crippen LogP contribution in [0.2, 0.25) is 0 Å². The van der Waals surface area contributed by atoms with E-state index in [0.717, 1.165) is 24.9 Å². The molecule has 0 radical (unpaired) electrons. The highest BCUT2D eigenvalue weighted by molar-refractivity contribution is 4.97. The van der Waals surface area contributed by atoms with Gasteiger partial charge in [-0.1, -0.05) is 19.1 Å². The number of nitrogens with one attached hydrogen (secondary N) is 1. The van der Waals surface area contributed by atoms with Gasteiger partial charge in [0.2, 0.25) is 0 Å². The summed E-state index contributed by atoms with van der Waals surface area (Å²) >= 11 is 0. The second-order valence-corrected chi connectivity index (χ2v) is 5.44. The van der Waals surface area contributed by atoms with E-state index in [2.05, 4.69) is 23.7 Å². The molecule has 0 saturated carbocycles. The molecule has 0 aromatic heterocycles. The molecule has 0 aromatic rings.